The number of pyridine rings is 1. The molecule has 0 amide bonds. The molecule has 18 heavy (non-hydrogen) atoms. The molecule has 1 aromatic heterocycles. The van der Waals surface area contributed by atoms with Gasteiger partial charge in [-0.1, -0.05) is 11.6 Å². The Labute approximate surface area is 109 Å². The van der Waals surface area contributed by atoms with E-state index in [0.717, 1.165) is 0 Å². The number of rotatable bonds is 3. The van der Waals surface area contributed by atoms with Crippen LogP contribution in [0.15, 0.2) is 36.5 Å². The quantitative estimate of drug-likeness (QED) is 0.922. The Morgan fingerprint density at radius 1 is 1.28 bits per heavy atom. The molecule has 1 heterocycles. The van der Waals surface area contributed by atoms with Crippen molar-refractivity contribution in [1.29, 1.82) is 0 Å². The van der Waals surface area contributed by atoms with Crippen LogP contribution in [0, 0.1) is 5.82 Å². The third-order valence-corrected chi connectivity index (χ3v) is 2.60. The van der Waals surface area contributed by atoms with Gasteiger partial charge in [0.2, 0.25) is 0 Å². The summed E-state index contributed by atoms with van der Waals surface area (Å²) in [6.45, 7) is 1.63. The van der Waals surface area contributed by atoms with E-state index in [9.17, 15) is 9.50 Å². The fraction of sp³-hybridized carbons (Fsp3) is 0.154. The summed E-state index contributed by atoms with van der Waals surface area (Å²) in [6.07, 6.45) is 0.860. The Morgan fingerprint density at radius 2 is 2.00 bits per heavy atom. The van der Waals surface area contributed by atoms with E-state index in [1.807, 2.05) is 0 Å². The maximum absolute atomic E-state index is 13.0. The summed E-state index contributed by atoms with van der Waals surface area (Å²) in [4.78, 5) is 4.03. The van der Waals surface area contributed by atoms with Crippen molar-refractivity contribution in [3.8, 4) is 11.5 Å². The molecule has 0 aliphatic rings. The Hall–Kier alpha value is -1.65. The number of aliphatic hydroxyl groups is 1. The second kappa shape index (κ2) is 5.33. The first-order chi connectivity index (χ1) is 8.56. The molecule has 2 aromatic rings. The summed E-state index contributed by atoms with van der Waals surface area (Å²) in [5.41, 5.74) is 0.555. The molecular formula is C13H11ClFNO2. The molecule has 0 saturated carbocycles. The van der Waals surface area contributed by atoms with Crippen LogP contribution in [-0.4, -0.2) is 10.1 Å². The highest BCUT2D eigenvalue weighted by Crippen LogP contribution is 2.26. The van der Waals surface area contributed by atoms with Gasteiger partial charge in [0.25, 0.3) is 0 Å². The Kier molecular flexibility index (Phi) is 3.79. The molecule has 0 radical (unpaired) electrons. The van der Waals surface area contributed by atoms with Crippen LogP contribution >= 0.6 is 11.6 Å². The molecule has 1 N–H and O–H groups in total. The monoisotopic (exact) mass is 267 g/mol. The summed E-state index contributed by atoms with van der Waals surface area (Å²) in [6, 6.07) is 7.43. The molecule has 3 nitrogen and oxygen atoms in total. The van der Waals surface area contributed by atoms with Gasteiger partial charge >= 0.3 is 0 Å². The van der Waals surface area contributed by atoms with Crippen molar-refractivity contribution < 1.29 is 14.2 Å². The molecule has 0 spiro atoms. The second-order valence-corrected chi connectivity index (χ2v) is 4.18. The number of ether oxygens (including phenoxy) is 1. The maximum Gasteiger partial charge on any atom is 0.145 e. The van der Waals surface area contributed by atoms with Gasteiger partial charge in [-0.25, -0.2) is 4.39 Å². The van der Waals surface area contributed by atoms with E-state index in [1.54, 1.807) is 19.1 Å². The molecule has 94 valence electrons. The van der Waals surface area contributed by atoms with Gasteiger partial charge in [-0.2, -0.15) is 0 Å². The van der Waals surface area contributed by atoms with Crippen LogP contribution in [0.1, 0.15) is 18.7 Å². The number of hydrogen-bond donors (Lipinski definition) is 1. The van der Waals surface area contributed by atoms with Crippen LogP contribution in [-0.2, 0) is 0 Å². The third-order valence-electron chi connectivity index (χ3n) is 2.31. The predicted molar refractivity (Wildman–Crippen MR) is 66.4 cm³/mol. The van der Waals surface area contributed by atoms with Gasteiger partial charge in [-0.3, -0.25) is 4.98 Å². The van der Waals surface area contributed by atoms with Crippen molar-refractivity contribution in [2.24, 2.45) is 0 Å². The van der Waals surface area contributed by atoms with E-state index in [-0.39, 0.29) is 5.02 Å². The first-order valence-corrected chi connectivity index (χ1v) is 5.71. The topological polar surface area (TPSA) is 42.4 Å². The molecule has 0 unspecified atom stereocenters. The lowest BCUT2D eigenvalue weighted by Gasteiger charge is -2.07. The van der Waals surface area contributed by atoms with E-state index in [1.165, 1.54) is 24.4 Å². The summed E-state index contributed by atoms with van der Waals surface area (Å²) in [5.74, 6) is 0.418. The van der Waals surface area contributed by atoms with Crippen LogP contribution in [0.2, 0.25) is 5.02 Å². The van der Waals surface area contributed by atoms with Crippen molar-refractivity contribution in [2.45, 2.75) is 13.0 Å². The van der Waals surface area contributed by atoms with E-state index in [0.29, 0.717) is 17.2 Å². The highest BCUT2D eigenvalue weighted by molar-refractivity contribution is 6.30. The van der Waals surface area contributed by atoms with Gasteiger partial charge in [0.1, 0.15) is 17.3 Å². The fourth-order valence-electron chi connectivity index (χ4n) is 1.38. The minimum atomic E-state index is -0.626. The zero-order valence-corrected chi connectivity index (χ0v) is 10.4. The molecule has 0 aliphatic heterocycles. The number of halogens is 2. The van der Waals surface area contributed by atoms with Crippen molar-refractivity contribution in [2.75, 3.05) is 0 Å². The smallest absolute Gasteiger partial charge is 0.145 e. The number of aliphatic hydroxyl groups excluding tert-OH is 1. The highest BCUT2D eigenvalue weighted by Gasteiger charge is 2.05. The van der Waals surface area contributed by atoms with Gasteiger partial charge in [-0.15, -0.1) is 0 Å². The predicted octanol–water partition coefficient (Wildman–Crippen LogP) is 3.72. The lowest BCUT2D eigenvalue weighted by molar-refractivity contribution is 0.194. The van der Waals surface area contributed by atoms with Crippen molar-refractivity contribution >= 4 is 11.6 Å². The van der Waals surface area contributed by atoms with Crippen molar-refractivity contribution in [3.05, 3.63) is 53.1 Å². The number of aromatic nitrogens is 1. The number of benzene rings is 1. The Morgan fingerprint density at radius 3 is 2.56 bits per heavy atom. The van der Waals surface area contributed by atoms with Gasteiger partial charge in [0.05, 0.1) is 23.0 Å². The van der Waals surface area contributed by atoms with Crippen LogP contribution in [0.3, 0.4) is 0 Å². The van der Waals surface area contributed by atoms with Gasteiger partial charge in [0, 0.05) is 6.07 Å². The Balaban J connectivity index is 2.15. The lowest BCUT2D eigenvalue weighted by atomic mass is 10.2. The SMILES string of the molecule is C[C@H](O)c1ccc(Oc2ccc(F)c(Cl)c2)cn1. The summed E-state index contributed by atoms with van der Waals surface area (Å²) in [7, 11) is 0. The van der Waals surface area contributed by atoms with Crippen LogP contribution in [0.25, 0.3) is 0 Å². The Bertz CT molecular complexity index is 543. The molecule has 5 heteroatoms. The van der Waals surface area contributed by atoms with E-state index < -0.39 is 11.9 Å². The van der Waals surface area contributed by atoms with E-state index in [2.05, 4.69) is 4.98 Å². The standard InChI is InChI=1S/C13H11ClFNO2/c1-8(17)13-5-3-10(7-16-13)18-9-2-4-12(15)11(14)6-9/h2-8,17H,1H3/t8-/m0/s1. The van der Waals surface area contributed by atoms with Gasteiger partial charge in [0.15, 0.2) is 0 Å². The molecule has 0 saturated heterocycles. The molecule has 0 fully saturated rings. The first-order valence-electron chi connectivity index (χ1n) is 5.33. The largest absolute Gasteiger partial charge is 0.456 e. The summed E-state index contributed by atoms with van der Waals surface area (Å²) in [5, 5.41) is 9.31. The lowest BCUT2D eigenvalue weighted by Crippen LogP contribution is -1.95. The summed E-state index contributed by atoms with van der Waals surface area (Å²) >= 11 is 5.64. The zero-order chi connectivity index (χ0) is 13.1. The van der Waals surface area contributed by atoms with Crippen molar-refractivity contribution in [1.82, 2.24) is 4.98 Å². The molecule has 1 aromatic carbocycles. The first kappa shape index (κ1) is 12.8. The van der Waals surface area contributed by atoms with Gasteiger partial charge in [-0.05, 0) is 31.2 Å². The molecule has 1 atom stereocenters. The van der Waals surface area contributed by atoms with Crippen molar-refractivity contribution in [3.63, 3.8) is 0 Å². The summed E-state index contributed by atoms with van der Waals surface area (Å²) < 4.78 is 18.4. The van der Waals surface area contributed by atoms with Crippen LogP contribution in [0.5, 0.6) is 11.5 Å². The average molecular weight is 268 g/mol. The third kappa shape index (κ3) is 2.97. The minimum Gasteiger partial charge on any atom is -0.456 e. The molecule has 0 aliphatic carbocycles. The normalized spacial score (nSPS) is 12.2. The van der Waals surface area contributed by atoms with Crippen LogP contribution in [0.4, 0.5) is 4.39 Å². The fourth-order valence-corrected chi connectivity index (χ4v) is 1.55. The maximum atomic E-state index is 13.0. The highest BCUT2D eigenvalue weighted by atomic mass is 35.5. The van der Waals surface area contributed by atoms with E-state index >= 15 is 0 Å². The zero-order valence-electron chi connectivity index (χ0n) is 9.60. The van der Waals surface area contributed by atoms with E-state index in [4.69, 9.17) is 16.3 Å². The minimum absolute atomic E-state index is 0.000981. The second-order valence-electron chi connectivity index (χ2n) is 3.77. The van der Waals surface area contributed by atoms with Crippen LogP contribution < -0.4 is 4.74 Å². The average Bonchev–Trinajstić information content (AvgIpc) is 2.34. The number of nitrogens with zero attached hydrogens (tertiary/aromatic N) is 1. The molecule has 0 bridgehead atoms. The number of hydrogen-bond acceptors (Lipinski definition) is 3. The molecule has 2 rings (SSSR count). The molecular weight excluding hydrogens is 257 g/mol. The van der Waals surface area contributed by atoms with Gasteiger partial charge < -0.3 is 9.84 Å².